The molecule has 0 aromatic carbocycles. The second-order valence-corrected chi connectivity index (χ2v) is 7.31. The van der Waals surface area contributed by atoms with Crippen LogP contribution in [0.1, 0.15) is 32.3 Å². The summed E-state index contributed by atoms with van der Waals surface area (Å²) in [6, 6.07) is 2.13. The molecule has 0 aliphatic carbocycles. The maximum Gasteiger partial charge on any atom is 0.224 e. The monoisotopic (exact) mass is 411 g/mol. The van der Waals surface area contributed by atoms with Crippen LogP contribution in [0.5, 0.6) is 0 Å². The highest BCUT2D eigenvalue weighted by Crippen LogP contribution is 2.30. The Kier molecular flexibility index (Phi) is 6.80. The van der Waals surface area contributed by atoms with Crippen LogP contribution in [0.25, 0.3) is 0 Å². The minimum absolute atomic E-state index is 0.202. The molecule has 0 fully saturated rings. The van der Waals surface area contributed by atoms with Crippen molar-refractivity contribution >= 4 is 44.9 Å². The molecule has 2 heterocycles. The Morgan fingerprint density at radius 1 is 1.29 bits per heavy atom. The van der Waals surface area contributed by atoms with E-state index in [2.05, 4.69) is 56.1 Å². The lowest BCUT2D eigenvalue weighted by Gasteiger charge is -2.19. The van der Waals surface area contributed by atoms with Crippen LogP contribution in [0, 0.1) is 5.92 Å². The number of aryl methyl sites for hydroxylation is 1. The molecule has 0 saturated heterocycles. The highest BCUT2D eigenvalue weighted by atomic mass is 79.9. The van der Waals surface area contributed by atoms with E-state index in [1.54, 1.807) is 6.20 Å². The van der Waals surface area contributed by atoms with Crippen LogP contribution < -0.4 is 10.2 Å². The van der Waals surface area contributed by atoms with Gasteiger partial charge in [-0.05, 0) is 57.9 Å². The van der Waals surface area contributed by atoms with Crippen LogP contribution in [0.2, 0.25) is 5.28 Å². The van der Waals surface area contributed by atoms with Gasteiger partial charge in [-0.15, -0.1) is 0 Å². The zero-order valence-corrected chi connectivity index (χ0v) is 16.8. The number of rotatable bonds is 7. The second-order valence-electron chi connectivity index (χ2n) is 6.12. The number of hydrogen-bond acceptors (Lipinski definition) is 5. The molecule has 7 heteroatoms. The molecule has 0 saturated carbocycles. The van der Waals surface area contributed by atoms with E-state index in [0.717, 1.165) is 28.8 Å². The zero-order chi connectivity index (χ0) is 17.7. The molecule has 5 nitrogen and oxygen atoms in total. The molecule has 130 valence electrons. The molecular weight excluding hydrogens is 390 g/mol. The van der Waals surface area contributed by atoms with Gasteiger partial charge in [-0.3, -0.25) is 0 Å². The first kappa shape index (κ1) is 18.9. The van der Waals surface area contributed by atoms with Crippen molar-refractivity contribution in [1.29, 1.82) is 0 Å². The predicted molar refractivity (Wildman–Crippen MR) is 104 cm³/mol. The Morgan fingerprint density at radius 2 is 2.04 bits per heavy atom. The molecule has 0 aliphatic heterocycles. The van der Waals surface area contributed by atoms with Crippen LogP contribution in [0.4, 0.5) is 17.3 Å². The summed E-state index contributed by atoms with van der Waals surface area (Å²) in [4.78, 5) is 14.8. The van der Waals surface area contributed by atoms with Gasteiger partial charge in [-0.1, -0.05) is 20.3 Å². The van der Waals surface area contributed by atoms with Crippen LogP contribution in [-0.2, 0) is 6.42 Å². The van der Waals surface area contributed by atoms with E-state index >= 15 is 0 Å². The number of hydrogen-bond donors (Lipinski definition) is 1. The first-order valence-corrected chi connectivity index (χ1v) is 9.19. The summed E-state index contributed by atoms with van der Waals surface area (Å²) in [5, 5.41) is 3.52. The molecular formula is C17H23BrClN5. The minimum Gasteiger partial charge on any atom is -0.361 e. The summed E-state index contributed by atoms with van der Waals surface area (Å²) in [5.41, 5.74) is 2.11. The maximum atomic E-state index is 5.91. The Balaban J connectivity index is 2.29. The summed E-state index contributed by atoms with van der Waals surface area (Å²) in [6.45, 7) is 4.50. The van der Waals surface area contributed by atoms with E-state index < -0.39 is 0 Å². The van der Waals surface area contributed by atoms with Crippen molar-refractivity contribution in [2.75, 3.05) is 24.3 Å². The van der Waals surface area contributed by atoms with Crippen LogP contribution in [0.15, 0.2) is 22.9 Å². The minimum atomic E-state index is 0.202. The molecule has 2 rings (SSSR count). The third-order valence-electron chi connectivity index (χ3n) is 3.94. The topological polar surface area (TPSA) is 53.9 Å². The van der Waals surface area contributed by atoms with Gasteiger partial charge in [0.05, 0.1) is 10.2 Å². The lowest BCUT2D eigenvalue weighted by atomic mass is 10.00. The van der Waals surface area contributed by atoms with E-state index in [4.69, 9.17) is 11.6 Å². The van der Waals surface area contributed by atoms with E-state index in [0.29, 0.717) is 11.7 Å². The lowest BCUT2D eigenvalue weighted by Crippen LogP contribution is -2.14. The summed E-state index contributed by atoms with van der Waals surface area (Å²) >= 11 is 9.36. The van der Waals surface area contributed by atoms with E-state index in [1.165, 1.54) is 12.0 Å². The van der Waals surface area contributed by atoms with Crippen molar-refractivity contribution in [2.24, 2.45) is 5.92 Å². The van der Waals surface area contributed by atoms with Gasteiger partial charge in [0.15, 0.2) is 5.82 Å². The van der Waals surface area contributed by atoms with Crippen molar-refractivity contribution in [3.05, 3.63) is 33.8 Å². The van der Waals surface area contributed by atoms with Gasteiger partial charge in [0, 0.05) is 26.5 Å². The molecule has 1 unspecified atom stereocenters. The summed E-state index contributed by atoms with van der Waals surface area (Å²) in [6.07, 6.45) is 6.94. The van der Waals surface area contributed by atoms with Gasteiger partial charge in [0.25, 0.3) is 0 Å². The van der Waals surface area contributed by atoms with Gasteiger partial charge in [-0.2, -0.15) is 4.98 Å². The van der Waals surface area contributed by atoms with Crippen LogP contribution in [0.3, 0.4) is 0 Å². The fourth-order valence-corrected chi connectivity index (χ4v) is 2.69. The number of aromatic nitrogens is 3. The van der Waals surface area contributed by atoms with Gasteiger partial charge < -0.3 is 10.2 Å². The Hall–Kier alpha value is -1.40. The number of nitrogens with zero attached hydrogens (tertiary/aromatic N) is 4. The fourth-order valence-electron chi connectivity index (χ4n) is 2.26. The highest BCUT2D eigenvalue weighted by Gasteiger charge is 2.12. The van der Waals surface area contributed by atoms with E-state index in [1.807, 2.05) is 25.2 Å². The van der Waals surface area contributed by atoms with Gasteiger partial charge in [0.1, 0.15) is 5.82 Å². The SMILES string of the molecule is CCC(C)CCc1cnc(N(C)C)c(Nc2nc(Cl)ncc2Br)c1. The van der Waals surface area contributed by atoms with Crippen molar-refractivity contribution < 1.29 is 0 Å². The largest absolute Gasteiger partial charge is 0.361 e. The average molecular weight is 413 g/mol. The van der Waals surface area contributed by atoms with E-state index in [9.17, 15) is 0 Å². The third-order valence-corrected chi connectivity index (χ3v) is 4.70. The van der Waals surface area contributed by atoms with Gasteiger partial charge in [0.2, 0.25) is 5.28 Å². The summed E-state index contributed by atoms with van der Waals surface area (Å²) in [7, 11) is 3.93. The normalized spacial score (nSPS) is 12.1. The molecule has 1 N–H and O–H groups in total. The van der Waals surface area contributed by atoms with Crippen molar-refractivity contribution in [1.82, 2.24) is 15.0 Å². The smallest absolute Gasteiger partial charge is 0.224 e. The molecule has 2 aromatic rings. The van der Waals surface area contributed by atoms with Crippen LogP contribution >= 0.6 is 27.5 Å². The van der Waals surface area contributed by atoms with Crippen molar-refractivity contribution in [3.63, 3.8) is 0 Å². The molecule has 0 amide bonds. The molecule has 0 aliphatic rings. The fraction of sp³-hybridized carbons (Fsp3) is 0.471. The Labute approximate surface area is 157 Å². The quantitative estimate of drug-likeness (QED) is 0.643. The summed E-state index contributed by atoms with van der Waals surface area (Å²) in [5.74, 6) is 2.19. The summed E-state index contributed by atoms with van der Waals surface area (Å²) < 4.78 is 0.751. The third kappa shape index (κ3) is 5.05. The first-order valence-electron chi connectivity index (χ1n) is 8.02. The number of nitrogens with one attached hydrogen (secondary N) is 1. The molecule has 0 radical (unpaired) electrons. The molecule has 1 atom stereocenters. The standard InChI is InChI=1S/C17H23BrClN5/c1-5-11(2)6-7-12-8-14(16(20-9-12)24(3)4)22-15-13(18)10-21-17(19)23-15/h8-11H,5-7H2,1-4H3,(H,21,22,23). The Morgan fingerprint density at radius 3 is 2.71 bits per heavy atom. The lowest BCUT2D eigenvalue weighted by molar-refractivity contribution is 0.516. The molecule has 24 heavy (non-hydrogen) atoms. The Bertz CT molecular complexity index is 693. The van der Waals surface area contributed by atoms with Crippen LogP contribution in [-0.4, -0.2) is 29.0 Å². The first-order chi connectivity index (χ1) is 11.4. The molecule has 0 bridgehead atoms. The highest BCUT2D eigenvalue weighted by molar-refractivity contribution is 9.10. The van der Waals surface area contributed by atoms with Gasteiger partial charge >= 0.3 is 0 Å². The number of pyridine rings is 1. The predicted octanol–water partition coefficient (Wildman–Crippen LogP) is 5.08. The van der Waals surface area contributed by atoms with Crippen molar-refractivity contribution in [2.45, 2.75) is 33.1 Å². The van der Waals surface area contributed by atoms with Gasteiger partial charge in [-0.25, -0.2) is 9.97 Å². The maximum absolute atomic E-state index is 5.91. The number of halogens is 2. The zero-order valence-electron chi connectivity index (χ0n) is 14.5. The van der Waals surface area contributed by atoms with E-state index in [-0.39, 0.29) is 5.28 Å². The molecule has 0 spiro atoms. The average Bonchev–Trinajstić information content (AvgIpc) is 2.55. The molecule has 2 aromatic heterocycles. The number of anilines is 3. The second kappa shape index (κ2) is 8.62. The van der Waals surface area contributed by atoms with Crippen molar-refractivity contribution in [3.8, 4) is 0 Å².